The third-order valence-electron chi connectivity index (χ3n) is 5.07. The molecular weight excluding hydrogens is 356 g/mol. The molecule has 3 heterocycles. The highest BCUT2D eigenvalue weighted by Gasteiger charge is 2.11. The van der Waals surface area contributed by atoms with E-state index in [1.54, 1.807) is 0 Å². The fourth-order valence-corrected chi connectivity index (χ4v) is 3.57. The number of rotatable bonds is 4. The molecular formula is C25H20N4. The van der Waals surface area contributed by atoms with Crippen LogP contribution in [0.4, 0.5) is 5.82 Å². The molecule has 29 heavy (non-hydrogen) atoms. The van der Waals surface area contributed by atoms with Gasteiger partial charge in [-0.1, -0.05) is 60.7 Å². The third kappa shape index (κ3) is 3.25. The first kappa shape index (κ1) is 17.2. The summed E-state index contributed by atoms with van der Waals surface area (Å²) in [5, 5.41) is 3.18. The predicted molar refractivity (Wildman–Crippen MR) is 119 cm³/mol. The van der Waals surface area contributed by atoms with Gasteiger partial charge in [-0.15, -0.1) is 0 Å². The molecule has 0 fully saturated rings. The molecule has 140 valence electrons. The largest absolute Gasteiger partial charge is 0.373 e. The van der Waals surface area contributed by atoms with Gasteiger partial charge < -0.3 is 5.32 Å². The Morgan fingerprint density at radius 1 is 0.724 bits per heavy atom. The van der Waals surface area contributed by atoms with Gasteiger partial charge in [0.1, 0.15) is 11.5 Å². The van der Waals surface area contributed by atoms with Crippen LogP contribution < -0.4 is 5.32 Å². The number of pyridine rings is 2. The van der Waals surface area contributed by atoms with Crippen LogP contribution in [0.25, 0.3) is 39.3 Å². The Morgan fingerprint density at radius 2 is 1.45 bits per heavy atom. The van der Waals surface area contributed by atoms with Crippen molar-refractivity contribution in [2.45, 2.75) is 0 Å². The summed E-state index contributed by atoms with van der Waals surface area (Å²) >= 11 is 0. The molecule has 0 aliphatic rings. The monoisotopic (exact) mass is 376 g/mol. The van der Waals surface area contributed by atoms with E-state index in [0.29, 0.717) is 0 Å². The highest BCUT2D eigenvalue weighted by atomic mass is 15.0. The van der Waals surface area contributed by atoms with Gasteiger partial charge in [0, 0.05) is 24.4 Å². The Labute approximate surface area is 169 Å². The van der Waals surface area contributed by atoms with Crippen molar-refractivity contribution in [1.82, 2.24) is 14.4 Å². The Bertz CT molecular complexity index is 1270. The van der Waals surface area contributed by atoms with Crippen molar-refractivity contribution in [3.8, 4) is 33.6 Å². The summed E-state index contributed by atoms with van der Waals surface area (Å²) in [7, 11) is 1.89. The Balaban J connectivity index is 1.62. The molecule has 0 bridgehead atoms. The summed E-state index contributed by atoms with van der Waals surface area (Å²) in [6.45, 7) is 0. The number of hydrogen-bond acceptors (Lipinski definition) is 3. The quantitative estimate of drug-likeness (QED) is 0.433. The lowest BCUT2D eigenvalue weighted by atomic mass is 10.1. The molecule has 0 amide bonds. The van der Waals surface area contributed by atoms with Crippen molar-refractivity contribution in [1.29, 1.82) is 0 Å². The lowest BCUT2D eigenvalue weighted by Crippen LogP contribution is -1.96. The number of imidazole rings is 1. The van der Waals surface area contributed by atoms with Crippen LogP contribution >= 0.6 is 0 Å². The zero-order valence-corrected chi connectivity index (χ0v) is 16.1. The van der Waals surface area contributed by atoms with E-state index in [9.17, 15) is 0 Å². The second-order valence-corrected chi connectivity index (χ2v) is 6.90. The van der Waals surface area contributed by atoms with Crippen molar-refractivity contribution < 1.29 is 0 Å². The van der Waals surface area contributed by atoms with Crippen LogP contribution in [0.1, 0.15) is 0 Å². The van der Waals surface area contributed by atoms with E-state index in [-0.39, 0.29) is 0 Å². The van der Waals surface area contributed by atoms with Gasteiger partial charge in [0.15, 0.2) is 0 Å². The summed E-state index contributed by atoms with van der Waals surface area (Å²) in [6.07, 6.45) is 4.01. The second kappa shape index (κ2) is 7.24. The van der Waals surface area contributed by atoms with Gasteiger partial charge in [-0.25, -0.2) is 9.97 Å². The van der Waals surface area contributed by atoms with Gasteiger partial charge >= 0.3 is 0 Å². The van der Waals surface area contributed by atoms with Gasteiger partial charge in [0.05, 0.1) is 17.6 Å². The van der Waals surface area contributed by atoms with E-state index in [4.69, 9.17) is 4.98 Å². The van der Waals surface area contributed by atoms with E-state index in [1.165, 1.54) is 5.56 Å². The average molecular weight is 376 g/mol. The zero-order chi connectivity index (χ0) is 19.6. The molecule has 5 aromatic rings. The number of nitrogens with one attached hydrogen (secondary N) is 1. The second-order valence-electron chi connectivity index (χ2n) is 6.90. The van der Waals surface area contributed by atoms with Crippen LogP contribution in [0, 0.1) is 0 Å². The first-order chi connectivity index (χ1) is 14.3. The smallest absolute Gasteiger partial charge is 0.137 e. The maximum atomic E-state index is 4.73. The highest BCUT2D eigenvalue weighted by molar-refractivity contribution is 5.75. The maximum absolute atomic E-state index is 4.73. The number of hydrogen-bond donors (Lipinski definition) is 1. The molecule has 0 saturated heterocycles. The Hall–Kier alpha value is -3.92. The van der Waals surface area contributed by atoms with Crippen molar-refractivity contribution in [2.24, 2.45) is 0 Å². The van der Waals surface area contributed by atoms with E-state index < -0.39 is 0 Å². The first-order valence-corrected chi connectivity index (χ1v) is 9.60. The summed E-state index contributed by atoms with van der Waals surface area (Å²) in [5.74, 6) is 0.831. The maximum Gasteiger partial charge on any atom is 0.137 e. The lowest BCUT2D eigenvalue weighted by molar-refractivity contribution is 1.19. The molecule has 3 aromatic heterocycles. The molecule has 0 aliphatic carbocycles. The molecule has 0 radical (unpaired) electrons. The fourth-order valence-electron chi connectivity index (χ4n) is 3.57. The molecule has 0 saturated carbocycles. The van der Waals surface area contributed by atoms with Crippen molar-refractivity contribution in [2.75, 3.05) is 12.4 Å². The molecule has 0 unspecified atom stereocenters. The SMILES string of the molecule is CNc1cc(-c2cnc3cc(-c4ccccc4)ccn23)cc(-c2ccccc2)n1. The highest BCUT2D eigenvalue weighted by Crippen LogP contribution is 2.29. The molecule has 4 nitrogen and oxygen atoms in total. The minimum Gasteiger partial charge on any atom is -0.373 e. The van der Waals surface area contributed by atoms with E-state index >= 15 is 0 Å². The number of benzene rings is 2. The summed E-state index contributed by atoms with van der Waals surface area (Å²) in [5.41, 5.74) is 7.40. The van der Waals surface area contributed by atoms with Gasteiger partial charge in [0.25, 0.3) is 0 Å². The summed E-state index contributed by atoms with van der Waals surface area (Å²) < 4.78 is 2.12. The van der Waals surface area contributed by atoms with Gasteiger partial charge in [-0.2, -0.15) is 0 Å². The molecule has 1 N–H and O–H groups in total. The Kier molecular flexibility index (Phi) is 4.30. The van der Waals surface area contributed by atoms with Crippen LogP contribution in [0.15, 0.2) is 97.3 Å². The van der Waals surface area contributed by atoms with Crippen LogP contribution in [0.3, 0.4) is 0 Å². The minimum absolute atomic E-state index is 0.831. The minimum atomic E-state index is 0.831. The summed E-state index contributed by atoms with van der Waals surface area (Å²) in [4.78, 5) is 9.39. The van der Waals surface area contributed by atoms with Crippen molar-refractivity contribution >= 4 is 11.5 Å². The first-order valence-electron chi connectivity index (χ1n) is 9.60. The number of fused-ring (bicyclic) bond motifs is 1. The van der Waals surface area contributed by atoms with Crippen LogP contribution in [0.5, 0.6) is 0 Å². The standard InChI is InChI=1S/C25H20N4/c1-26-24-15-21(14-22(28-24)19-10-6-3-7-11-19)23-17-27-25-16-20(12-13-29(23)25)18-8-4-2-5-9-18/h2-17H,1H3,(H,26,28). The van der Waals surface area contributed by atoms with Crippen molar-refractivity contribution in [3.63, 3.8) is 0 Å². The topological polar surface area (TPSA) is 42.2 Å². The molecule has 0 aliphatic heterocycles. The zero-order valence-electron chi connectivity index (χ0n) is 16.1. The normalized spacial score (nSPS) is 10.9. The molecule has 0 atom stereocenters. The van der Waals surface area contributed by atoms with Gasteiger partial charge in [-0.05, 0) is 35.4 Å². The van der Waals surface area contributed by atoms with E-state index in [1.807, 2.05) is 37.5 Å². The third-order valence-corrected chi connectivity index (χ3v) is 5.07. The van der Waals surface area contributed by atoms with E-state index in [0.717, 1.165) is 39.5 Å². The van der Waals surface area contributed by atoms with Gasteiger partial charge in [0.2, 0.25) is 0 Å². The van der Waals surface area contributed by atoms with Crippen LogP contribution in [0.2, 0.25) is 0 Å². The number of aromatic nitrogens is 3. The predicted octanol–water partition coefficient (Wildman–Crippen LogP) is 5.77. The van der Waals surface area contributed by atoms with Gasteiger partial charge in [-0.3, -0.25) is 4.40 Å². The Morgan fingerprint density at radius 3 is 2.17 bits per heavy atom. The average Bonchev–Trinajstić information content (AvgIpc) is 3.23. The molecule has 0 spiro atoms. The molecule has 2 aromatic carbocycles. The van der Waals surface area contributed by atoms with Crippen LogP contribution in [-0.4, -0.2) is 21.4 Å². The fraction of sp³-hybridized carbons (Fsp3) is 0.0400. The number of nitrogens with zero attached hydrogens (tertiary/aromatic N) is 3. The van der Waals surface area contributed by atoms with Crippen LogP contribution in [-0.2, 0) is 0 Å². The van der Waals surface area contributed by atoms with E-state index in [2.05, 4.69) is 81.6 Å². The molecule has 5 rings (SSSR count). The molecule has 4 heteroatoms. The van der Waals surface area contributed by atoms with Crippen molar-refractivity contribution in [3.05, 3.63) is 97.3 Å². The lowest BCUT2D eigenvalue weighted by Gasteiger charge is -2.10. The summed E-state index contributed by atoms with van der Waals surface area (Å²) in [6, 6.07) is 29.0. The number of anilines is 1.